The van der Waals surface area contributed by atoms with Crippen LogP contribution in [0.1, 0.15) is 12.8 Å². The number of methoxy groups -OCH3 is 1. The first-order chi connectivity index (χ1) is 10.2. The van der Waals surface area contributed by atoms with Gasteiger partial charge in [-0.3, -0.25) is 14.5 Å². The minimum Gasteiger partial charge on any atom is -0.497 e. The predicted octanol–water partition coefficient (Wildman–Crippen LogP) is 2.40. The average molecular weight is 283 g/mol. The van der Waals surface area contributed by atoms with Crippen LogP contribution < -0.4 is 9.64 Å². The van der Waals surface area contributed by atoms with Gasteiger partial charge in [0.25, 0.3) is 0 Å². The smallest absolute Gasteiger partial charge is 0.238 e. The molecule has 0 unspecified atom stereocenters. The van der Waals surface area contributed by atoms with E-state index in [0.29, 0.717) is 5.69 Å². The molecule has 1 aliphatic heterocycles. The Morgan fingerprint density at radius 3 is 1.90 bits per heavy atom. The summed E-state index contributed by atoms with van der Waals surface area (Å²) in [6, 6.07) is 7.12. The van der Waals surface area contributed by atoms with Gasteiger partial charge >= 0.3 is 0 Å². The highest BCUT2D eigenvalue weighted by Crippen LogP contribution is 2.50. The van der Waals surface area contributed by atoms with E-state index in [1.165, 1.54) is 4.90 Å². The molecule has 1 heterocycles. The van der Waals surface area contributed by atoms with E-state index in [1.807, 2.05) is 0 Å². The molecule has 4 aliphatic rings. The van der Waals surface area contributed by atoms with Crippen LogP contribution >= 0.6 is 0 Å². The van der Waals surface area contributed by atoms with Crippen molar-refractivity contribution in [2.24, 2.45) is 23.7 Å². The Bertz CT molecular complexity index is 602. The summed E-state index contributed by atoms with van der Waals surface area (Å²) >= 11 is 0. The molecule has 4 nitrogen and oxygen atoms in total. The molecule has 4 heteroatoms. The lowest BCUT2D eigenvalue weighted by atomic mass is 9.63. The first kappa shape index (κ1) is 12.6. The Kier molecular flexibility index (Phi) is 2.67. The molecule has 1 saturated heterocycles. The molecule has 1 aromatic carbocycles. The zero-order chi connectivity index (χ0) is 14.6. The second-order valence-corrected chi connectivity index (χ2v) is 6.05. The van der Waals surface area contributed by atoms with Crippen LogP contribution in [-0.2, 0) is 9.59 Å². The molecule has 21 heavy (non-hydrogen) atoms. The molecule has 2 bridgehead atoms. The summed E-state index contributed by atoms with van der Waals surface area (Å²) in [6.45, 7) is 0. The zero-order valence-electron chi connectivity index (χ0n) is 11.9. The minimum atomic E-state index is -0.150. The molecule has 5 rings (SSSR count). The number of ether oxygens (including phenoxy) is 1. The van der Waals surface area contributed by atoms with Crippen molar-refractivity contribution in [3.63, 3.8) is 0 Å². The molecule has 0 N–H and O–H groups in total. The van der Waals surface area contributed by atoms with Crippen LogP contribution in [0.5, 0.6) is 5.75 Å². The average Bonchev–Trinajstić information content (AvgIpc) is 2.82. The first-order valence-electron chi connectivity index (χ1n) is 7.41. The lowest BCUT2D eigenvalue weighted by molar-refractivity contribution is -0.124. The van der Waals surface area contributed by atoms with E-state index in [0.717, 1.165) is 18.6 Å². The van der Waals surface area contributed by atoms with Crippen molar-refractivity contribution in [1.29, 1.82) is 0 Å². The van der Waals surface area contributed by atoms with Gasteiger partial charge in [0.2, 0.25) is 11.8 Å². The zero-order valence-corrected chi connectivity index (χ0v) is 11.9. The molecular weight excluding hydrogens is 266 g/mol. The van der Waals surface area contributed by atoms with Crippen LogP contribution in [0.2, 0.25) is 0 Å². The second-order valence-electron chi connectivity index (χ2n) is 6.05. The number of carbonyl (C=O) groups is 2. The molecule has 0 radical (unpaired) electrons. The largest absolute Gasteiger partial charge is 0.497 e. The van der Waals surface area contributed by atoms with Crippen LogP contribution in [0, 0.1) is 23.7 Å². The number of carbonyl (C=O) groups excluding carboxylic acids is 2. The van der Waals surface area contributed by atoms with Gasteiger partial charge in [-0.2, -0.15) is 0 Å². The van der Waals surface area contributed by atoms with Crippen LogP contribution in [-0.4, -0.2) is 18.9 Å². The number of rotatable bonds is 2. The molecule has 1 saturated carbocycles. The number of imide groups is 1. The summed E-state index contributed by atoms with van der Waals surface area (Å²) < 4.78 is 5.13. The topological polar surface area (TPSA) is 46.6 Å². The summed E-state index contributed by atoms with van der Waals surface area (Å²) in [4.78, 5) is 26.9. The molecule has 0 aromatic heterocycles. The number of allylic oxidation sites excluding steroid dienone is 2. The highest BCUT2D eigenvalue weighted by Gasteiger charge is 2.56. The third-order valence-electron chi connectivity index (χ3n) is 5.09. The standard InChI is InChI=1S/C17H17NO3/c1-21-13-8-6-12(7-9-13)18-16(19)14-10-2-3-11(5-4-10)15(14)17(18)20/h2-3,6-11,14-15H,4-5H2,1H3/t10-,11-,14-,15+/m0/s1. The highest BCUT2D eigenvalue weighted by atomic mass is 16.5. The van der Waals surface area contributed by atoms with Crippen LogP contribution in [0.15, 0.2) is 36.4 Å². The molecule has 108 valence electrons. The quantitative estimate of drug-likeness (QED) is 0.618. The number of hydrogen-bond donors (Lipinski definition) is 0. The fraction of sp³-hybridized carbons (Fsp3) is 0.412. The van der Waals surface area contributed by atoms with Crippen molar-refractivity contribution in [1.82, 2.24) is 0 Å². The van der Waals surface area contributed by atoms with E-state index >= 15 is 0 Å². The SMILES string of the molecule is COc1ccc(N2C(=O)[C@@H]3[C@H](C2=O)[C@H]2C=C[C@H]3CC2)cc1. The maximum absolute atomic E-state index is 12.7. The van der Waals surface area contributed by atoms with E-state index in [2.05, 4.69) is 12.2 Å². The molecular formula is C17H17NO3. The third kappa shape index (κ3) is 1.68. The second kappa shape index (κ2) is 4.45. The monoisotopic (exact) mass is 283 g/mol. The first-order valence-corrected chi connectivity index (χ1v) is 7.41. The Morgan fingerprint density at radius 1 is 0.952 bits per heavy atom. The normalized spacial score (nSPS) is 33.5. The van der Waals surface area contributed by atoms with E-state index in [9.17, 15) is 9.59 Å². The lowest BCUT2D eigenvalue weighted by Gasteiger charge is -2.38. The van der Waals surface area contributed by atoms with Gasteiger partial charge in [0.1, 0.15) is 5.75 Å². The number of hydrogen-bond acceptors (Lipinski definition) is 3. The fourth-order valence-corrected chi connectivity index (χ4v) is 4.06. The van der Waals surface area contributed by atoms with Crippen LogP contribution in [0.25, 0.3) is 0 Å². The third-order valence-corrected chi connectivity index (χ3v) is 5.09. The predicted molar refractivity (Wildman–Crippen MR) is 77.8 cm³/mol. The number of benzene rings is 1. The summed E-state index contributed by atoms with van der Waals surface area (Å²) in [6.07, 6.45) is 6.33. The summed E-state index contributed by atoms with van der Waals surface area (Å²) in [5.41, 5.74) is 0.652. The molecule has 2 amide bonds. The van der Waals surface area contributed by atoms with Gasteiger partial charge in [-0.1, -0.05) is 12.2 Å². The summed E-state index contributed by atoms with van der Waals surface area (Å²) in [5, 5.41) is 0. The minimum absolute atomic E-state index is 0.0331. The Morgan fingerprint density at radius 2 is 1.48 bits per heavy atom. The van der Waals surface area contributed by atoms with Crippen LogP contribution in [0.4, 0.5) is 5.69 Å². The van der Waals surface area contributed by atoms with E-state index in [1.54, 1.807) is 31.4 Å². The number of anilines is 1. The van der Waals surface area contributed by atoms with Crippen LogP contribution in [0.3, 0.4) is 0 Å². The Hall–Kier alpha value is -2.10. The van der Waals surface area contributed by atoms with Gasteiger partial charge in [-0.05, 0) is 48.9 Å². The lowest BCUT2D eigenvalue weighted by Crippen LogP contribution is -2.38. The molecule has 4 atom stereocenters. The highest BCUT2D eigenvalue weighted by molar-refractivity contribution is 6.22. The van der Waals surface area contributed by atoms with E-state index in [4.69, 9.17) is 4.74 Å². The van der Waals surface area contributed by atoms with Gasteiger partial charge in [0.15, 0.2) is 0 Å². The van der Waals surface area contributed by atoms with Gasteiger partial charge in [0, 0.05) is 0 Å². The van der Waals surface area contributed by atoms with E-state index in [-0.39, 0.29) is 35.5 Å². The summed E-state index contributed by atoms with van der Waals surface area (Å²) in [5.74, 6) is 0.825. The fourth-order valence-electron chi connectivity index (χ4n) is 4.06. The van der Waals surface area contributed by atoms with Crippen molar-refractivity contribution in [2.45, 2.75) is 12.8 Å². The molecule has 3 aliphatic carbocycles. The Labute approximate surface area is 123 Å². The van der Waals surface area contributed by atoms with Gasteiger partial charge in [-0.25, -0.2) is 0 Å². The Balaban J connectivity index is 1.71. The maximum Gasteiger partial charge on any atom is 0.238 e. The van der Waals surface area contributed by atoms with Crippen molar-refractivity contribution < 1.29 is 14.3 Å². The van der Waals surface area contributed by atoms with Gasteiger partial charge in [-0.15, -0.1) is 0 Å². The molecule has 0 spiro atoms. The maximum atomic E-state index is 12.7. The van der Waals surface area contributed by atoms with Crippen molar-refractivity contribution in [3.05, 3.63) is 36.4 Å². The van der Waals surface area contributed by atoms with Crippen molar-refractivity contribution >= 4 is 17.5 Å². The van der Waals surface area contributed by atoms with E-state index < -0.39 is 0 Å². The van der Waals surface area contributed by atoms with Gasteiger partial charge < -0.3 is 4.74 Å². The molecule has 2 fully saturated rings. The molecule has 1 aromatic rings. The number of nitrogens with zero attached hydrogens (tertiary/aromatic N) is 1. The summed E-state index contributed by atoms with van der Waals surface area (Å²) in [7, 11) is 1.60. The number of amides is 2. The van der Waals surface area contributed by atoms with Gasteiger partial charge in [0.05, 0.1) is 24.6 Å². The number of fused-ring (bicyclic) bond motifs is 1. The van der Waals surface area contributed by atoms with Crippen molar-refractivity contribution in [2.75, 3.05) is 12.0 Å². The van der Waals surface area contributed by atoms with Crippen molar-refractivity contribution in [3.8, 4) is 5.75 Å².